The van der Waals surface area contributed by atoms with Crippen molar-refractivity contribution in [3.8, 4) is 11.5 Å². The normalized spacial score (nSPS) is 10.4. The number of aromatic carboxylic acids is 1. The Morgan fingerprint density at radius 2 is 1.96 bits per heavy atom. The van der Waals surface area contributed by atoms with Crippen LogP contribution in [0.5, 0.6) is 11.5 Å². The van der Waals surface area contributed by atoms with E-state index in [2.05, 4.69) is 10.5 Å². The predicted octanol–water partition coefficient (Wildman–Crippen LogP) is 2.07. The zero-order valence-electron chi connectivity index (χ0n) is 14.3. The fraction of sp³-hybridized carbons (Fsp3) is 0.118. The molecule has 2 N–H and O–H groups in total. The number of carbonyl (C=O) groups is 2. The van der Waals surface area contributed by atoms with E-state index in [0.717, 1.165) is 12.3 Å². The van der Waals surface area contributed by atoms with Gasteiger partial charge in [0.2, 0.25) is 0 Å². The summed E-state index contributed by atoms with van der Waals surface area (Å²) in [5.74, 6) is -1.71. The second-order valence-corrected chi connectivity index (χ2v) is 5.08. The number of hydrogen-bond donors (Lipinski definition) is 2. The first-order chi connectivity index (χ1) is 12.9. The molecule has 0 bridgehead atoms. The molecule has 2 aromatic carbocycles. The molecule has 0 spiro atoms. The van der Waals surface area contributed by atoms with Crippen LogP contribution in [0.3, 0.4) is 0 Å². The molecule has 0 aliphatic rings. The summed E-state index contributed by atoms with van der Waals surface area (Å²) in [4.78, 5) is 33.7. The highest BCUT2D eigenvalue weighted by Gasteiger charge is 2.20. The lowest BCUT2D eigenvalue weighted by Crippen LogP contribution is -2.18. The van der Waals surface area contributed by atoms with Gasteiger partial charge in [0.05, 0.1) is 25.4 Å². The molecule has 0 aliphatic heterocycles. The molecule has 0 saturated carbocycles. The van der Waals surface area contributed by atoms with Gasteiger partial charge in [-0.2, -0.15) is 5.10 Å². The highest BCUT2D eigenvalue weighted by atomic mass is 16.6. The average molecular weight is 373 g/mol. The lowest BCUT2D eigenvalue weighted by Gasteiger charge is -2.12. The van der Waals surface area contributed by atoms with E-state index in [1.807, 2.05) is 0 Å². The average Bonchev–Trinajstić information content (AvgIpc) is 2.66. The lowest BCUT2D eigenvalue weighted by molar-refractivity contribution is -0.384. The molecule has 0 atom stereocenters. The molecular weight excluding hydrogens is 358 g/mol. The smallest absolute Gasteiger partial charge is 0.340 e. The van der Waals surface area contributed by atoms with Crippen LogP contribution in [0, 0.1) is 10.1 Å². The SMILES string of the molecule is COc1ccc(C=NNC(=O)c2cccc([N+](=O)[O-])c2)c(C(=O)O)c1OC. The number of hydrogen-bond acceptors (Lipinski definition) is 7. The minimum Gasteiger partial charge on any atom is -0.493 e. The van der Waals surface area contributed by atoms with Crippen LogP contribution in [0.15, 0.2) is 41.5 Å². The molecule has 10 nitrogen and oxygen atoms in total. The van der Waals surface area contributed by atoms with Gasteiger partial charge in [-0.05, 0) is 18.2 Å². The fourth-order valence-electron chi connectivity index (χ4n) is 2.26. The third-order valence-electron chi connectivity index (χ3n) is 3.48. The quantitative estimate of drug-likeness (QED) is 0.430. The van der Waals surface area contributed by atoms with Gasteiger partial charge in [0.1, 0.15) is 5.56 Å². The second-order valence-electron chi connectivity index (χ2n) is 5.08. The molecule has 2 rings (SSSR count). The number of nitro benzene ring substituents is 1. The van der Waals surface area contributed by atoms with E-state index < -0.39 is 16.8 Å². The van der Waals surface area contributed by atoms with Gasteiger partial charge in [-0.3, -0.25) is 14.9 Å². The molecule has 140 valence electrons. The minimum atomic E-state index is -1.27. The first-order valence-corrected chi connectivity index (χ1v) is 7.45. The molecule has 2 aromatic rings. The highest BCUT2D eigenvalue weighted by Crippen LogP contribution is 2.32. The van der Waals surface area contributed by atoms with Gasteiger partial charge in [-0.25, -0.2) is 10.2 Å². The van der Waals surface area contributed by atoms with Crippen molar-refractivity contribution in [2.75, 3.05) is 14.2 Å². The summed E-state index contributed by atoms with van der Waals surface area (Å²) in [6.45, 7) is 0. The number of nitro groups is 1. The van der Waals surface area contributed by atoms with E-state index in [1.54, 1.807) is 0 Å². The molecule has 27 heavy (non-hydrogen) atoms. The van der Waals surface area contributed by atoms with E-state index in [1.165, 1.54) is 44.6 Å². The van der Waals surface area contributed by atoms with Gasteiger partial charge in [0.25, 0.3) is 11.6 Å². The second kappa shape index (κ2) is 8.43. The van der Waals surface area contributed by atoms with Crippen LogP contribution in [-0.2, 0) is 0 Å². The molecule has 0 saturated heterocycles. The van der Waals surface area contributed by atoms with Crippen molar-refractivity contribution in [2.24, 2.45) is 5.10 Å². The number of carboxylic acid groups (broad SMARTS) is 1. The highest BCUT2D eigenvalue weighted by molar-refractivity contribution is 6.02. The summed E-state index contributed by atoms with van der Waals surface area (Å²) in [6, 6.07) is 8.04. The number of ether oxygens (including phenoxy) is 2. The van der Waals surface area contributed by atoms with Crippen LogP contribution < -0.4 is 14.9 Å². The largest absolute Gasteiger partial charge is 0.493 e. The molecule has 0 aliphatic carbocycles. The van der Waals surface area contributed by atoms with Crippen LogP contribution in [0.25, 0.3) is 0 Å². The minimum absolute atomic E-state index is 0.0129. The Balaban J connectivity index is 2.26. The molecule has 0 unspecified atom stereocenters. The maximum absolute atomic E-state index is 12.0. The number of carbonyl (C=O) groups excluding carboxylic acids is 1. The lowest BCUT2D eigenvalue weighted by atomic mass is 10.1. The van der Waals surface area contributed by atoms with Gasteiger partial charge in [0, 0.05) is 23.3 Å². The van der Waals surface area contributed by atoms with Crippen molar-refractivity contribution in [3.63, 3.8) is 0 Å². The molecule has 0 fully saturated rings. The maximum atomic E-state index is 12.0. The Morgan fingerprint density at radius 3 is 2.56 bits per heavy atom. The van der Waals surface area contributed by atoms with E-state index in [0.29, 0.717) is 0 Å². The number of carboxylic acids is 1. The zero-order valence-corrected chi connectivity index (χ0v) is 14.3. The van der Waals surface area contributed by atoms with Crippen LogP contribution in [0.2, 0.25) is 0 Å². The first kappa shape index (κ1) is 19.4. The summed E-state index contributed by atoms with van der Waals surface area (Å²) in [6.07, 6.45) is 1.13. The third-order valence-corrected chi connectivity index (χ3v) is 3.48. The molecular formula is C17H15N3O7. The van der Waals surface area contributed by atoms with Crippen LogP contribution in [0.4, 0.5) is 5.69 Å². The monoisotopic (exact) mass is 373 g/mol. The van der Waals surface area contributed by atoms with Crippen molar-refractivity contribution >= 4 is 23.8 Å². The van der Waals surface area contributed by atoms with E-state index in [4.69, 9.17) is 9.47 Å². The van der Waals surface area contributed by atoms with Crippen molar-refractivity contribution in [3.05, 3.63) is 63.2 Å². The van der Waals surface area contributed by atoms with Crippen LogP contribution >= 0.6 is 0 Å². The number of benzene rings is 2. The maximum Gasteiger partial charge on any atom is 0.340 e. The Labute approximate surface area is 153 Å². The van der Waals surface area contributed by atoms with Gasteiger partial charge in [-0.1, -0.05) is 6.07 Å². The zero-order chi connectivity index (χ0) is 20.0. The van der Waals surface area contributed by atoms with Crippen molar-refractivity contribution in [2.45, 2.75) is 0 Å². The van der Waals surface area contributed by atoms with Crippen molar-refractivity contribution in [1.29, 1.82) is 0 Å². The Kier molecular flexibility index (Phi) is 6.05. The van der Waals surface area contributed by atoms with Gasteiger partial charge in [-0.15, -0.1) is 0 Å². The van der Waals surface area contributed by atoms with Gasteiger partial charge < -0.3 is 14.6 Å². The van der Waals surface area contributed by atoms with Crippen molar-refractivity contribution < 1.29 is 29.1 Å². The summed E-state index contributed by atoms with van der Waals surface area (Å²) in [5.41, 5.74) is 1.96. The number of nitrogens with zero attached hydrogens (tertiary/aromatic N) is 2. The summed E-state index contributed by atoms with van der Waals surface area (Å²) in [7, 11) is 2.67. The standard InChI is InChI=1S/C17H15N3O7/c1-26-13-7-6-11(14(17(22)23)15(13)27-2)9-18-19-16(21)10-4-3-5-12(8-10)20(24)25/h3-9H,1-2H3,(H,19,21)(H,22,23). The molecule has 10 heteroatoms. The van der Waals surface area contributed by atoms with Gasteiger partial charge >= 0.3 is 5.97 Å². The molecule has 0 aromatic heterocycles. The fourth-order valence-corrected chi connectivity index (χ4v) is 2.26. The summed E-state index contributed by atoms with van der Waals surface area (Å²) < 4.78 is 10.1. The van der Waals surface area contributed by atoms with Crippen LogP contribution in [-0.4, -0.2) is 42.3 Å². The summed E-state index contributed by atoms with van der Waals surface area (Å²) in [5, 5.41) is 23.9. The number of non-ortho nitro benzene ring substituents is 1. The van der Waals surface area contributed by atoms with Crippen molar-refractivity contribution in [1.82, 2.24) is 5.43 Å². The molecule has 1 amide bonds. The van der Waals surface area contributed by atoms with E-state index in [-0.39, 0.29) is 33.9 Å². The predicted molar refractivity (Wildman–Crippen MR) is 94.7 cm³/mol. The van der Waals surface area contributed by atoms with Crippen LogP contribution in [0.1, 0.15) is 26.3 Å². The number of amides is 1. The number of hydrazone groups is 1. The Morgan fingerprint density at radius 1 is 1.22 bits per heavy atom. The third kappa shape index (κ3) is 4.37. The van der Waals surface area contributed by atoms with Gasteiger partial charge in [0.15, 0.2) is 11.5 Å². The van der Waals surface area contributed by atoms with E-state index >= 15 is 0 Å². The molecule has 0 radical (unpaired) electrons. The number of nitrogens with one attached hydrogen (secondary N) is 1. The number of methoxy groups -OCH3 is 2. The number of rotatable bonds is 7. The van der Waals surface area contributed by atoms with E-state index in [9.17, 15) is 24.8 Å². The molecule has 0 heterocycles. The Hall–Kier alpha value is -3.95. The summed E-state index contributed by atoms with van der Waals surface area (Å²) >= 11 is 0. The topological polar surface area (TPSA) is 140 Å². The Bertz CT molecular complexity index is 925. The first-order valence-electron chi connectivity index (χ1n) is 7.45.